The molecule has 0 aliphatic rings. The van der Waals surface area contributed by atoms with Gasteiger partial charge in [0, 0.05) is 12.7 Å². The third-order valence-electron chi connectivity index (χ3n) is 1.96. The van der Waals surface area contributed by atoms with Crippen molar-refractivity contribution < 1.29 is 15.3 Å². The first-order valence-electron chi connectivity index (χ1n) is 4.35. The van der Waals surface area contributed by atoms with E-state index in [0.29, 0.717) is 0 Å². The number of rotatable bonds is 4. The maximum atomic E-state index is 11.2. The quantitative estimate of drug-likeness (QED) is 0.392. The molecule has 1 rings (SSSR count). The molecule has 7 heteroatoms. The zero-order valence-electron chi connectivity index (χ0n) is 7.80. The summed E-state index contributed by atoms with van der Waals surface area (Å²) < 4.78 is 0. The van der Waals surface area contributed by atoms with Gasteiger partial charge in [0.2, 0.25) is 0 Å². The minimum absolute atomic E-state index is 0.0760. The van der Waals surface area contributed by atoms with E-state index >= 15 is 0 Å². The molecule has 0 aromatic carbocycles. The van der Waals surface area contributed by atoms with Gasteiger partial charge >= 0.3 is 0 Å². The smallest absolute Gasteiger partial charge is 0.268 e. The van der Waals surface area contributed by atoms with Crippen LogP contribution in [-0.4, -0.2) is 38.2 Å². The lowest BCUT2D eigenvalue weighted by Crippen LogP contribution is -2.29. The first-order valence-corrected chi connectivity index (χ1v) is 4.35. The summed E-state index contributed by atoms with van der Waals surface area (Å²) in [7, 11) is 0. The molecule has 0 aliphatic heterocycles. The van der Waals surface area contributed by atoms with Gasteiger partial charge in [-0.25, -0.2) is 0 Å². The van der Waals surface area contributed by atoms with Gasteiger partial charge in [-0.05, 0) is 6.42 Å². The SMILES string of the molecule is O=c1cc(C(O)C(O)CCO)c(=O)[nH][nH]1. The summed E-state index contributed by atoms with van der Waals surface area (Å²) >= 11 is 0. The van der Waals surface area contributed by atoms with E-state index in [-0.39, 0.29) is 18.6 Å². The van der Waals surface area contributed by atoms with Crippen molar-refractivity contribution in [3.05, 3.63) is 32.3 Å². The van der Waals surface area contributed by atoms with Crippen LogP contribution in [0.2, 0.25) is 0 Å². The summed E-state index contributed by atoms with van der Waals surface area (Å²) in [5, 5.41) is 31.4. The minimum Gasteiger partial charge on any atom is -0.396 e. The third-order valence-corrected chi connectivity index (χ3v) is 1.96. The molecule has 0 saturated heterocycles. The molecule has 1 aromatic rings. The van der Waals surface area contributed by atoms with Crippen LogP contribution in [0.15, 0.2) is 15.7 Å². The summed E-state index contributed by atoms with van der Waals surface area (Å²) in [5.74, 6) is 0. The Morgan fingerprint density at radius 2 is 1.93 bits per heavy atom. The molecule has 1 heterocycles. The van der Waals surface area contributed by atoms with Crippen LogP contribution in [0.25, 0.3) is 0 Å². The van der Waals surface area contributed by atoms with Crippen LogP contribution in [0.1, 0.15) is 18.1 Å². The number of H-pyrrole nitrogens is 2. The average molecular weight is 216 g/mol. The summed E-state index contributed by atoms with van der Waals surface area (Å²) in [6.07, 6.45) is -2.84. The van der Waals surface area contributed by atoms with Gasteiger partial charge in [-0.15, -0.1) is 0 Å². The Labute approximate surface area is 84.0 Å². The molecule has 1 aromatic heterocycles. The summed E-state index contributed by atoms with van der Waals surface area (Å²) in [6, 6.07) is 0.907. The topological polar surface area (TPSA) is 126 Å². The molecule has 0 saturated carbocycles. The fourth-order valence-corrected chi connectivity index (χ4v) is 1.15. The van der Waals surface area contributed by atoms with Gasteiger partial charge in [-0.1, -0.05) is 0 Å². The fraction of sp³-hybridized carbons (Fsp3) is 0.500. The van der Waals surface area contributed by atoms with E-state index in [4.69, 9.17) is 5.11 Å². The molecular weight excluding hydrogens is 204 g/mol. The standard InChI is InChI=1S/C8H12N2O5/c11-2-1-5(12)7(14)4-3-6(13)9-10-8(4)15/h3,5,7,11-12,14H,1-2H2,(H,9,13)(H,10,15). The van der Waals surface area contributed by atoms with Crippen molar-refractivity contribution in [2.75, 3.05) is 6.61 Å². The number of hydrogen-bond acceptors (Lipinski definition) is 5. The molecule has 0 bridgehead atoms. The van der Waals surface area contributed by atoms with Gasteiger partial charge in [0.05, 0.1) is 11.7 Å². The van der Waals surface area contributed by atoms with E-state index in [0.717, 1.165) is 6.07 Å². The summed E-state index contributed by atoms with van der Waals surface area (Å²) in [4.78, 5) is 22.0. The Morgan fingerprint density at radius 3 is 2.53 bits per heavy atom. The first kappa shape index (κ1) is 11.6. The number of nitrogens with one attached hydrogen (secondary N) is 2. The average Bonchev–Trinajstić information content (AvgIpc) is 2.21. The van der Waals surface area contributed by atoms with E-state index in [2.05, 4.69) is 0 Å². The van der Waals surface area contributed by atoms with Crippen LogP contribution in [0.3, 0.4) is 0 Å². The van der Waals surface area contributed by atoms with E-state index < -0.39 is 23.3 Å². The molecule has 2 atom stereocenters. The molecule has 0 fully saturated rings. The molecule has 15 heavy (non-hydrogen) atoms. The predicted molar refractivity (Wildman–Crippen MR) is 50.4 cm³/mol. The van der Waals surface area contributed by atoms with Crippen molar-refractivity contribution in [2.24, 2.45) is 0 Å². The highest BCUT2D eigenvalue weighted by molar-refractivity contribution is 5.11. The van der Waals surface area contributed by atoms with Crippen LogP contribution >= 0.6 is 0 Å². The molecule has 0 amide bonds. The van der Waals surface area contributed by atoms with Gasteiger partial charge in [-0.2, -0.15) is 0 Å². The number of aromatic amines is 2. The molecule has 7 nitrogen and oxygen atoms in total. The van der Waals surface area contributed by atoms with E-state index in [1.165, 1.54) is 0 Å². The molecule has 0 radical (unpaired) electrons. The molecular formula is C8H12N2O5. The Hall–Kier alpha value is -1.44. The van der Waals surface area contributed by atoms with Crippen LogP contribution in [0.4, 0.5) is 0 Å². The Morgan fingerprint density at radius 1 is 1.27 bits per heavy atom. The second-order valence-corrected chi connectivity index (χ2v) is 3.07. The molecule has 2 unspecified atom stereocenters. The lowest BCUT2D eigenvalue weighted by atomic mass is 10.0. The van der Waals surface area contributed by atoms with Crippen molar-refractivity contribution in [2.45, 2.75) is 18.6 Å². The van der Waals surface area contributed by atoms with Gasteiger partial charge in [0.1, 0.15) is 6.10 Å². The van der Waals surface area contributed by atoms with Crippen molar-refractivity contribution >= 4 is 0 Å². The molecule has 0 spiro atoms. The fourth-order valence-electron chi connectivity index (χ4n) is 1.15. The van der Waals surface area contributed by atoms with Crippen LogP contribution in [-0.2, 0) is 0 Å². The van der Waals surface area contributed by atoms with Gasteiger partial charge < -0.3 is 15.3 Å². The minimum atomic E-state index is -1.48. The van der Waals surface area contributed by atoms with Crippen molar-refractivity contribution in [3.63, 3.8) is 0 Å². The lowest BCUT2D eigenvalue weighted by Gasteiger charge is -2.15. The number of aromatic nitrogens is 2. The second-order valence-electron chi connectivity index (χ2n) is 3.07. The van der Waals surface area contributed by atoms with Crippen molar-refractivity contribution in [1.82, 2.24) is 10.2 Å². The highest BCUT2D eigenvalue weighted by Gasteiger charge is 2.20. The lowest BCUT2D eigenvalue weighted by molar-refractivity contribution is 0.00331. The number of aliphatic hydroxyl groups is 3. The highest BCUT2D eigenvalue weighted by Crippen LogP contribution is 2.13. The zero-order chi connectivity index (χ0) is 11.4. The van der Waals surface area contributed by atoms with Crippen LogP contribution in [0.5, 0.6) is 0 Å². The largest absolute Gasteiger partial charge is 0.396 e. The van der Waals surface area contributed by atoms with Crippen LogP contribution in [0, 0.1) is 0 Å². The third kappa shape index (κ3) is 2.75. The van der Waals surface area contributed by atoms with Crippen molar-refractivity contribution in [3.8, 4) is 0 Å². The summed E-state index contributed by atoms with van der Waals surface area (Å²) in [6.45, 7) is -0.320. The second kappa shape index (κ2) is 4.87. The van der Waals surface area contributed by atoms with E-state index in [1.54, 1.807) is 0 Å². The van der Waals surface area contributed by atoms with Crippen molar-refractivity contribution in [1.29, 1.82) is 0 Å². The normalized spacial score (nSPS) is 14.9. The number of hydrogen-bond donors (Lipinski definition) is 5. The van der Waals surface area contributed by atoms with E-state index in [9.17, 15) is 19.8 Å². The first-order chi connectivity index (χ1) is 7.06. The monoisotopic (exact) mass is 216 g/mol. The van der Waals surface area contributed by atoms with Gasteiger partial charge in [-0.3, -0.25) is 19.8 Å². The Kier molecular flexibility index (Phi) is 3.78. The van der Waals surface area contributed by atoms with Gasteiger partial charge in [0.15, 0.2) is 0 Å². The van der Waals surface area contributed by atoms with Crippen LogP contribution < -0.4 is 11.1 Å². The predicted octanol–water partition coefficient (Wildman–Crippen LogP) is -2.16. The maximum Gasteiger partial charge on any atom is 0.268 e. The summed E-state index contributed by atoms with van der Waals surface area (Å²) in [5.41, 5.74) is -1.49. The Balaban J connectivity index is 3.00. The molecule has 84 valence electrons. The van der Waals surface area contributed by atoms with E-state index in [1.807, 2.05) is 10.2 Å². The molecule has 0 aliphatic carbocycles. The highest BCUT2D eigenvalue weighted by atomic mass is 16.3. The maximum absolute atomic E-state index is 11.2. The zero-order valence-corrected chi connectivity index (χ0v) is 7.80. The number of aliphatic hydroxyl groups excluding tert-OH is 3. The Bertz CT molecular complexity index is 424. The van der Waals surface area contributed by atoms with Gasteiger partial charge in [0.25, 0.3) is 11.1 Å². The molecule has 5 N–H and O–H groups in total.